The molecule has 3 fully saturated rings. The zero-order valence-corrected chi connectivity index (χ0v) is 59.5. The summed E-state index contributed by atoms with van der Waals surface area (Å²) in [4.78, 5) is 13.4. The van der Waals surface area contributed by atoms with Crippen LogP contribution in [0.1, 0.15) is 258 Å². The number of carbonyl (C=O) groups excluding carboxylic acids is 1. The first-order chi connectivity index (χ1) is 47.3. The maximum absolute atomic E-state index is 13.4. The van der Waals surface area contributed by atoms with Crippen molar-refractivity contribution in [2.45, 2.75) is 362 Å². The van der Waals surface area contributed by atoms with Gasteiger partial charge in [-0.1, -0.05) is 272 Å². The van der Waals surface area contributed by atoms with E-state index in [9.17, 15) is 61.0 Å². The van der Waals surface area contributed by atoms with Gasteiger partial charge in [-0.2, -0.15) is 0 Å². The van der Waals surface area contributed by atoms with E-state index in [0.29, 0.717) is 6.42 Å². The molecule has 19 nitrogen and oxygen atoms in total. The first kappa shape index (κ1) is 87.9. The number of hydrogen-bond acceptors (Lipinski definition) is 18. The Labute approximate surface area is 583 Å². The summed E-state index contributed by atoms with van der Waals surface area (Å²) in [6.45, 7) is 1.59. The van der Waals surface area contributed by atoms with E-state index in [1.54, 1.807) is 6.08 Å². The number of nitrogens with one attached hydrogen (secondary N) is 1. The minimum absolute atomic E-state index is 0.242. The molecule has 3 heterocycles. The predicted octanol–water partition coefficient (Wildman–Crippen LogP) is 11.6. The lowest BCUT2D eigenvalue weighted by Crippen LogP contribution is -2.66. The lowest BCUT2D eigenvalue weighted by molar-refractivity contribution is -0.379. The Bertz CT molecular complexity index is 2130. The molecule has 0 saturated carbocycles. The van der Waals surface area contributed by atoms with E-state index in [-0.39, 0.29) is 18.9 Å². The highest BCUT2D eigenvalue weighted by molar-refractivity contribution is 5.76. The first-order valence-electron chi connectivity index (χ1n) is 38.0. The van der Waals surface area contributed by atoms with Crippen LogP contribution in [-0.2, 0) is 33.2 Å². The molecule has 17 atom stereocenters. The van der Waals surface area contributed by atoms with Crippen molar-refractivity contribution in [1.82, 2.24) is 5.32 Å². The molecule has 12 N–H and O–H groups in total. The fraction of sp³-hybridized carbons (Fsp3) is 0.782. The van der Waals surface area contributed by atoms with Crippen molar-refractivity contribution < 1.29 is 89.4 Å². The van der Waals surface area contributed by atoms with Gasteiger partial charge in [0.15, 0.2) is 18.9 Å². The smallest absolute Gasteiger partial charge is 0.220 e. The van der Waals surface area contributed by atoms with Crippen molar-refractivity contribution in [3.63, 3.8) is 0 Å². The Balaban J connectivity index is 1.27. The molecule has 0 aromatic carbocycles. The van der Waals surface area contributed by atoms with Crippen LogP contribution in [0.5, 0.6) is 0 Å². The van der Waals surface area contributed by atoms with Gasteiger partial charge >= 0.3 is 0 Å². The van der Waals surface area contributed by atoms with Crippen LogP contribution in [0.4, 0.5) is 0 Å². The quantitative estimate of drug-likeness (QED) is 0.0199. The van der Waals surface area contributed by atoms with E-state index < -0.39 is 124 Å². The molecule has 560 valence electrons. The Morgan fingerprint density at radius 3 is 1.11 bits per heavy atom. The number of aliphatic hydroxyl groups excluding tert-OH is 11. The second kappa shape index (κ2) is 58.2. The van der Waals surface area contributed by atoms with Crippen LogP contribution in [0, 0.1) is 0 Å². The Hall–Kier alpha value is -3.29. The van der Waals surface area contributed by atoms with Gasteiger partial charge in [0.05, 0.1) is 38.6 Å². The normalized spacial score (nSPS) is 27.5. The minimum Gasteiger partial charge on any atom is -0.394 e. The number of amides is 1. The summed E-state index contributed by atoms with van der Waals surface area (Å²) in [5.74, 6) is -0.277. The van der Waals surface area contributed by atoms with Gasteiger partial charge in [0.1, 0.15) is 73.2 Å². The van der Waals surface area contributed by atoms with Crippen molar-refractivity contribution in [3.05, 3.63) is 97.2 Å². The summed E-state index contributed by atoms with van der Waals surface area (Å²) in [6.07, 6.45) is 51.4. The highest BCUT2D eigenvalue weighted by atomic mass is 16.8. The van der Waals surface area contributed by atoms with Gasteiger partial charge in [-0.05, 0) is 77.0 Å². The average molecular weight is 1370 g/mol. The van der Waals surface area contributed by atoms with Crippen LogP contribution in [0.2, 0.25) is 0 Å². The molecule has 0 aliphatic carbocycles. The SMILES string of the molecule is CC/C=C\C/C=C\C/C=C\C/C=C\C/C=C\C/C=C\C/C=C\CCCCCCCCCCCCCCCCCCCCCC(=O)NC(COC1OC(CO)C(OC2OC(CO)C(OC3OC(CO)C(O)C(O)C3O)C(O)C2O)C(O)C1O)C(O)/C=C/CCCCCCCCCCC. The van der Waals surface area contributed by atoms with Gasteiger partial charge < -0.3 is 89.9 Å². The summed E-state index contributed by atoms with van der Waals surface area (Å²) >= 11 is 0. The number of rotatable bonds is 58. The number of carbonyl (C=O) groups is 1. The van der Waals surface area contributed by atoms with Crippen LogP contribution in [0.15, 0.2) is 97.2 Å². The maximum atomic E-state index is 13.4. The predicted molar refractivity (Wildman–Crippen MR) is 383 cm³/mol. The average Bonchev–Trinajstić information content (AvgIpc) is 0.790. The molecule has 3 aliphatic heterocycles. The van der Waals surface area contributed by atoms with Crippen molar-refractivity contribution in [2.75, 3.05) is 26.4 Å². The summed E-state index contributed by atoms with van der Waals surface area (Å²) in [5.41, 5.74) is 0. The third-order valence-corrected chi connectivity index (χ3v) is 18.4. The van der Waals surface area contributed by atoms with E-state index in [0.717, 1.165) is 89.9 Å². The molecule has 0 aromatic heterocycles. The van der Waals surface area contributed by atoms with Gasteiger partial charge in [0.25, 0.3) is 0 Å². The first-order valence-corrected chi connectivity index (χ1v) is 38.0. The van der Waals surface area contributed by atoms with Crippen LogP contribution in [0.3, 0.4) is 0 Å². The minimum atomic E-state index is -1.98. The fourth-order valence-electron chi connectivity index (χ4n) is 12.3. The van der Waals surface area contributed by atoms with Crippen molar-refractivity contribution >= 4 is 5.91 Å². The number of ether oxygens (including phenoxy) is 6. The second-order valence-corrected chi connectivity index (χ2v) is 26.7. The molecule has 3 aliphatic rings. The third-order valence-electron chi connectivity index (χ3n) is 18.4. The third kappa shape index (κ3) is 39.1. The summed E-state index contributed by atoms with van der Waals surface area (Å²) in [5, 5.41) is 120. The van der Waals surface area contributed by atoms with Crippen molar-refractivity contribution in [1.29, 1.82) is 0 Å². The van der Waals surface area contributed by atoms with E-state index in [1.165, 1.54) is 141 Å². The molecule has 0 aromatic rings. The van der Waals surface area contributed by atoms with Crippen LogP contribution < -0.4 is 5.32 Å². The molecule has 1 amide bonds. The maximum Gasteiger partial charge on any atom is 0.220 e. The molecule has 0 radical (unpaired) electrons. The largest absolute Gasteiger partial charge is 0.394 e. The molecule has 19 heteroatoms. The summed E-state index contributed by atoms with van der Waals surface area (Å²) in [7, 11) is 0. The van der Waals surface area contributed by atoms with Gasteiger partial charge in [-0.3, -0.25) is 4.79 Å². The second-order valence-electron chi connectivity index (χ2n) is 26.7. The molecule has 3 saturated heterocycles. The molecular formula is C78H135NO18. The topological polar surface area (TPSA) is 307 Å². The van der Waals surface area contributed by atoms with Crippen molar-refractivity contribution in [3.8, 4) is 0 Å². The van der Waals surface area contributed by atoms with Crippen LogP contribution in [0.25, 0.3) is 0 Å². The van der Waals surface area contributed by atoms with Crippen LogP contribution >= 0.6 is 0 Å². The van der Waals surface area contributed by atoms with E-state index in [2.05, 4.69) is 104 Å². The Morgan fingerprint density at radius 2 is 0.711 bits per heavy atom. The summed E-state index contributed by atoms with van der Waals surface area (Å²) < 4.78 is 34.3. The van der Waals surface area contributed by atoms with Gasteiger partial charge in [0, 0.05) is 6.42 Å². The monoisotopic (exact) mass is 1370 g/mol. The van der Waals surface area contributed by atoms with E-state index in [1.807, 2.05) is 6.08 Å². The fourth-order valence-corrected chi connectivity index (χ4v) is 12.3. The molecule has 3 rings (SSSR count). The number of hydrogen-bond donors (Lipinski definition) is 12. The molecule has 0 bridgehead atoms. The molecule has 0 spiro atoms. The highest BCUT2D eigenvalue weighted by Crippen LogP contribution is 2.33. The molecule has 17 unspecified atom stereocenters. The van der Waals surface area contributed by atoms with Gasteiger partial charge in [0.2, 0.25) is 5.91 Å². The number of allylic oxidation sites excluding steroid dienone is 15. The van der Waals surface area contributed by atoms with Crippen LogP contribution in [-0.4, -0.2) is 193 Å². The lowest BCUT2D eigenvalue weighted by atomic mass is 9.96. The van der Waals surface area contributed by atoms with Gasteiger partial charge in [-0.15, -0.1) is 0 Å². The number of unbranched alkanes of at least 4 members (excludes halogenated alkanes) is 28. The zero-order valence-electron chi connectivity index (χ0n) is 59.5. The van der Waals surface area contributed by atoms with E-state index >= 15 is 0 Å². The standard InChI is InChI=1S/C78H135NO18/c1-3-5-7-9-11-13-15-16-17-18-19-20-21-22-23-24-25-26-27-28-29-30-31-32-33-34-35-36-37-38-39-40-41-42-43-44-46-48-50-52-54-56-66(84)79-61(62(83)55-53-51-49-47-45-14-12-10-8-6-4-2)60-92-76-72(90)69(87)74(64(58-81)94-76)97-78-73(91)70(88)75(65(59-82)95-78)96-77-71(89)68(86)67(85)63(57-80)93-77/h5,7,11,13,16-17,19-20,22-23,25-26,28-29,53,55,61-65,67-78,80-83,85-91H,3-4,6,8-10,12,14-15,18,21,24,27,30-52,54,56-60H2,1-2H3,(H,79,84)/b7-5-,13-11-,17-16-,20-19-,23-22-,26-25-,29-28-,55-53+. The highest BCUT2D eigenvalue weighted by Gasteiger charge is 2.53. The Morgan fingerprint density at radius 1 is 0.381 bits per heavy atom. The summed E-state index contributed by atoms with van der Waals surface area (Å²) in [6, 6.07) is -0.974. The lowest BCUT2D eigenvalue weighted by Gasteiger charge is -2.48. The zero-order chi connectivity index (χ0) is 70.4. The van der Waals surface area contributed by atoms with E-state index in [4.69, 9.17) is 28.4 Å². The number of aliphatic hydroxyl groups is 11. The molecule has 97 heavy (non-hydrogen) atoms. The van der Waals surface area contributed by atoms with Gasteiger partial charge in [-0.25, -0.2) is 0 Å². The van der Waals surface area contributed by atoms with Crippen molar-refractivity contribution in [2.24, 2.45) is 0 Å². The Kier molecular flexibility index (Phi) is 52.8. The molecular weight excluding hydrogens is 1240 g/mol.